The summed E-state index contributed by atoms with van der Waals surface area (Å²) in [6, 6.07) is 6.17. The van der Waals surface area contributed by atoms with Crippen molar-refractivity contribution >= 4 is 5.91 Å². The van der Waals surface area contributed by atoms with Gasteiger partial charge in [-0.05, 0) is 31.0 Å². The van der Waals surface area contributed by atoms with Crippen molar-refractivity contribution < 1.29 is 9.18 Å². The topological polar surface area (TPSA) is 48.0 Å². The third-order valence-electron chi connectivity index (χ3n) is 3.81. The molecule has 2 N–H and O–H groups in total. The summed E-state index contributed by atoms with van der Waals surface area (Å²) >= 11 is 0. The van der Waals surface area contributed by atoms with E-state index in [0.29, 0.717) is 12.1 Å². The molecule has 0 fully saturated rings. The van der Waals surface area contributed by atoms with Gasteiger partial charge in [0.15, 0.2) is 0 Å². The van der Waals surface area contributed by atoms with Crippen molar-refractivity contribution in [3.05, 3.63) is 59.7 Å². The van der Waals surface area contributed by atoms with Crippen molar-refractivity contribution in [3.8, 4) is 11.1 Å². The first kappa shape index (κ1) is 16.0. The van der Waals surface area contributed by atoms with Crippen molar-refractivity contribution in [2.75, 3.05) is 0 Å². The van der Waals surface area contributed by atoms with Crippen LogP contribution in [0.5, 0.6) is 0 Å². The van der Waals surface area contributed by atoms with Crippen LogP contribution in [0.4, 0.5) is 4.39 Å². The summed E-state index contributed by atoms with van der Waals surface area (Å²) in [5.41, 5.74) is 9.61. The molecule has 0 aliphatic rings. The Hall–Kier alpha value is -2.36. The number of allylic oxidation sites excluding steroid dienone is 1. The fourth-order valence-electron chi connectivity index (χ4n) is 2.90. The molecule has 116 valence electrons. The molecular weight excluding hydrogens is 279 g/mol. The predicted octanol–water partition coefficient (Wildman–Crippen LogP) is 3.84. The minimum Gasteiger partial charge on any atom is -0.366 e. The van der Waals surface area contributed by atoms with Gasteiger partial charge in [0, 0.05) is 23.5 Å². The van der Waals surface area contributed by atoms with Crippen LogP contribution in [0.2, 0.25) is 0 Å². The Labute approximate surface area is 130 Å². The van der Waals surface area contributed by atoms with Gasteiger partial charge in [0.25, 0.3) is 5.91 Å². The van der Waals surface area contributed by atoms with Crippen molar-refractivity contribution in [1.29, 1.82) is 0 Å². The monoisotopic (exact) mass is 300 g/mol. The van der Waals surface area contributed by atoms with Crippen LogP contribution in [-0.4, -0.2) is 10.5 Å². The number of nitrogens with zero attached hydrogens (tertiary/aromatic N) is 1. The Morgan fingerprint density at radius 2 is 2.00 bits per heavy atom. The number of rotatable bonds is 6. The zero-order valence-electron chi connectivity index (χ0n) is 13.0. The first-order valence-corrected chi connectivity index (χ1v) is 7.39. The van der Waals surface area contributed by atoms with Crippen LogP contribution in [0.1, 0.15) is 35.1 Å². The van der Waals surface area contributed by atoms with E-state index in [0.717, 1.165) is 35.4 Å². The number of aromatic nitrogens is 1. The second kappa shape index (κ2) is 6.60. The predicted molar refractivity (Wildman–Crippen MR) is 87.3 cm³/mol. The van der Waals surface area contributed by atoms with Crippen LogP contribution in [0.3, 0.4) is 0 Å². The number of amides is 1. The van der Waals surface area contributed by atoms with E-state index >= 15 is 0 Å². The van der Waals surface area contributed by atoms with E-state index in [4.69, 9.17) is 5.73 Å². The normalized spacial score (nSPS) is 10.7. The highest BCUT2D eigenvalue weighted by atomic mass is 19.1. The molecule has 0 aliphatic carbocycles. The Morgan fingerprint density at radius 3 is 2.50 bits per heavy atom. The van der Waals surface area contributed by atoms with E-state index in [-0.39, 0.29) is 5.82 Å². The lowest BCUT2D eigenvalue weighted by molar-refractivity contribution is 0.1000. The lowest BCUT2D eigenvalue weighted by Gasteiger charge is -2.10. The molecule has 0 spiro atoms. The molecule has 0 unspecified atom stereocenters. The fraction of sp³-hybridized carbons (Fsp3) is 0.278. The van der Waals surface area contributed by atoms with E-state index in [2.05, 4.69) is 18.1 Å². The van der Waals surface area contributed by atoms with Crippen molar-refractivity contribution in [1.82, 2.24) is 4.57 Å². The van der Waals surface area contributed by atoms with E-state index < -0.39 is 5.91 Å². The minimum absolute atomic E-state index is 0.302. The van der Waals surface area contributed by atoms with Gasteiger partial charge >= 0.3 is 0 Å². The summed E-state index contributed by atoms with van der Waals surface area (Å²) in [7, 11) is 0. The smallest absolute Gasteiger partial charge is 0.251 e. The van der Waals surface area contributed by atoms with Gasteiger partial charge in [-0.3, -0.25) is 4.79 Å². The molecule has 1 aromatic carbocycles. The molecule has 0 aliphatic heterocycles. The van der Waals surface area contributed by atoms with E-state index in [1.165, 1.54) is 12.1 Å². The largest absolute Gasteiger partial charge is 0.366 e. The molecule has 0 bridgehead atoms. The number of hydrogen-bond donors (Lipinski definition) is 1. The van der Waals surface area contributed by atoms with Gasteiger partial charge in [0.05, 0.1) is 5.56 Å². The second-order valence-corrected chi connectivity index (χ2v) is 5.30. The molecule has 2 rings (SSSR count). The molecule has 1 heterocycles. The number of carbonyl (C=O) groups is 1. The molecule has 1 aromatic heterocycles. The maximum Gasteiger partial charge on any atom is 0.251 e. The van der Waals surface area contributed by atoms with Crippen LogP contribution in [0, 0.1) is 12.7 Å². The zero-order valence-corrected chi connectivity index (χ0v) is 13.0. The number of carbonyl (C=O) groups excluding carboxylic acids is 1. The maximum atomic E-state index is 13.2. The summed E-state index contributed by atoms with van der Waals surface area (Å²) in [4.78, 5) is 12.0. The Kier molecular flexibility index (Phi) is 4.81. The Morgan fingerprint density at radius 1 is 1.36 bits per heavy atom. The number of benzene rings is 1. The van der Waals surface area contributed by atoms with Gasteiger partial charge in [-0.15, -0.1) is 6.58 Å². The van der Waals surface area contributed by atoms with Gasteiger partial charge < -0.3 is 10.3 Å². The molecule has 0 radical (unpaired) electrons. The van der Waals surface area contributed by atoms with Gasteiger partial charge in [-0.1, -0.05) is 31.6 Å². The van der Waals surface area contributed by atoms with Gasteiger partial charge in [0.2, 0.25) is 0 Å². The average molecular weight is 300 g/mol. The van der Waals surface area contributed by atoms with Crippen molar-refractivity contribution in [2.45, 2.75) is 33.2 Å². The van der Waals surface area contributed by atoms with Gasteiger partial charge in [-0.25, -0.2) is 4.39 Å². The molecule has 4 heteroatoms. The first-order chi connectivity index (χ1) is 10.5. The lowest BCUT2D eigenvalue weighted by Crippen LogP contribution is -2.13. The van der Waals surface area contributed by atoms with Crippen molar-refractivity contribution in [2.24, 2.45) is 5.73 Å². The summed E-state index contributed by atoms with van der Waals surface area (Å²) in [6.45, 7) is 8.36. The molecule has 0 saturated heterocycles. The Balaban J connectivity index is 2.77. The first-order valence-electron chi connectivity index (χ1n) is 7.39. The van der Waals surface area contributed by atoms with Crippen LogP contribution in [-0.2, 0) is 13.0 Å². The maximum absolute atomic E-state index is 13.2. The molecule has 2 aromatic rings. The van der Waals surface area contributed by atoms with Crippen molar-refractivity contribution in [3.63, 3.8) is 0 Å². The molecule has 0 saturated carbocycles. The van der Waals surface area contributed by atoms with Crippen LogP contribution in [0.25, 0.3) is 11.1 Å². The summed E-state index contributed by atoms with van der Waals surface area (Å²) in [5, 5.41) is 0. The van der Waals surface area contributed by atoms with Crippen LogP contribution in [0.15, 0.2) is 36.9 Å². The van der Waals surface area contributed by atoms with Crippen LogP contribution < -0.4 is 5.73 Å². The fourth-order valence-corrected chi connectivity index (χ4v) is 2.90. The third-order valence-corrected chi connectivity index (χ3v) is 3.81. The molecule has 0 atom stereocenters. The lowest BCUT2D eigenvalue weighted by atomic mass is 9.98. The average Bonchev–Trinajstić information content (AvgIpc) is 2.74. The molecule has 3 nitrogen and oxygen atoms in total. The van der Waals surface area contributed by atoms with E-state index in [1.54, 1.807) is 18.2 Å². The number of halogens is 1. The van der Waals surface area contributed by atoms with Gasteiger partial charge in [-0.2, -0.15) is 0 Å². The summed E-state index contributed by atoms with van der Waals surface area (Å²) in [5.74, 6) is -0.763. The van der Waals surface area contributed by atoms with Gasteiger partial charge in [0.1, 0.15) is 5.82 Å². The number of nitrogens with two attached hydrogens (primary N) is 1. The van der Waals surface area contributed by atoms with E-state index in [9.17, 15) is 9.18 Å². The third kappa shape index (κ3) is 2.82. The highest BCUT2D eigenvalue weighted by Gasteiger charge is 2.23. The highest BCUT2D eigenvalue weighted by molar-refractivity contribution is 6.02. The minimum atomic E-state index is -0.461. The summed E-state index contributed by atoms with van der Waals surface area (Å²) in [6.07, 6.45) is 3.55. The standard InChI is InChI=1S/C18H21FN2O/c1-4-6-15-17(13-7-9-14(19)10-8-13)16(18(20)22)12(3)21(15)11-5-2/h5,7-10H,2,4,6,11H2,1,3H3,(H2,20,22). The Bertz CT molecular complexity index is 699. The number of primary amides is 1. The molecule has 1 amide bonds. The van der Waals surface area contributed by atoms with Crippen LogP contribution >= 0.6 is 0 Å². The zero-order chi connectivity index (χ0) is 16.3. The molecule has 22 heavy (non-hydrogen) atoms. The second-order valence-electron chi connectivity index (χ2n) is 5.30. The molecular formula is C18H21FN2O. The quantitative estimate of drug-likeness (QED) is 0.810. The van der Waals surface area contributed by atoms with E-state index in [1.807, 2.05) is 6.92 Å². The summed E-state index contributed by atoms with van der Waals surface area (Å²) < 4.78 is 15.3. The SMILES string of the molecule is C=CCn1c(C)c(C(N)=O)c(-c2ccc(F)cc2)c1CCC. The number of hydrogen-bond acceptors (Lipinski definition) is 1. The highest BCUT2D eigenvalue weighted by Crippen LogP contribution is 2.33.